The van der Waals surface area contributed by atoms with Crippen LogP contribution in [0.4, 0.5) is 0 Å². The lowest BCUT2D eigenvalue weighted by Crippen LogP contribution is -2.40. The molecule has 0 aliphatic rings. The van der Waals surface area contributed by atoms with Crippen molar-refractivity contribution in [1.29, 1.82) is 0 Å². The second-order valence-corrected chi connectivity index (χ2v) is 4.21. The highest BCUT2D eigenvalue weighted by atomic mass is 16.5. The summed E-state index contributed by atoms with van der Waals surface area (Å²) >= 11 is 0. The van der Waals surface area contributed by atoms with Crippen molar-refractivity contribution in [2.45, 2.75) is 5.60 Å². The van der Waals surface area contributed by atoms with Gasteiger partial charge in [-0.2, -0.15) is 0 Å². The smallest absolute Gasteiger partial charge is 0.345 e. The predicted octanol–water partition coefficient (Wildman–Crippen LogP) is 2.66. The first-order valence-electron chi connectivity index (χ1n) is 6.13. The molecular formula is C17H14O3. The van der Waals surface area contributed by atoms with Crippen molar-refractivity contribution < 1.29 is 14.6 Å². The molecule has 3 nitrogen and oxygen atoms in total. The number of rotatable bonds is 5. The van der Waals surface area contributed by atoms with Gasteiger partial charge in [0.25, 0.3) is 0 Å². The SMILES string of the molecule is C#CCOC(C(=O)O)(c1ccccc1)c1ccccc1. The normalized spacial score (nSPS) is 10.8. The zero-order valence-corrected chi connectivity index (χ0v) is 10.8. The summed E-state index contributed by atoms with van der Waals surface area (Å²) in [5.41, 5.74) is -0.516. The second kappa shape index (κ2) is 6.05. The fraction of sp³-hybridized carbons (Fsp3) is 0.118. The quantitative estimate of drug-likeness (QED) is 0.846. The molecule has 100 valence electrons. The molecule has 3 heteroatoms. The Labute approximate surface area is 117 Å². The van der Waals surface area contributed by atoms with Crippen molar-refractivity contribution in [2.75, 3.05) is 6.61 Å². The van der Waals surface area contributed by atoms with E-state index in [-0.39, 0.29) is 6.61 Å². The fourth-order valence-electron chi connectivity index (χ4n) is 2.14. The molecule has 0 saturated carbocycles. The molecular weight excluding hydrogens is 252 g/mol. The van der Waals surface area contributed by atoms with Crippen LogP contribution in [0.3, 0.4) is 0 Å². The van der Waals surface area contributed by atoms with E-state index < -0.39 is 11.6 Å². The van der Waals surface area contributed by atoms with Crippen molar-refractivity contribution >= 4 is 5.97 Å². The molecule has 20 heavy (non-hydrogen) atoms. The molecule has 0 amide bonds. The van der Waals surface area contributed by atoms with Crippen molar-refractivity contribution in [3.8, 4) is 12.3 Å². The summed E-state index contributed by atoms with van der Waals surface area (Å²) in [6.45, 7) is -0.0872. The lowest BCUT2D eigenvalue weighted by atomic mass is 9.86. The molecule has 0 bridgehead atoms. The van der Waals surface area contributed by atoms with Crippen molar-refractivity contribution in [3.63, 3.8) is 0 Å². The van der Waals surface area contributed by atoms with Crippen LogP contribution in [-0.4, -0.2) is 17.7 Å². The van der Waals surface area contributed by atoms with Gasteiger partial charge in [0.15, 0.2) is 0 Å². The Morgan fingerprint density at radius 2 is 1.50 bits per heavy atom. The van der Waals surface area contributed by atoms with E-state index in [1.807, 2.05) is 12.1 Å². The number of carbonyl (C=O) groups is 1. The van der Waals surface area contributed by atoms with Crippen LogP contribution in [0.5, 0.6) is 0 Å². The monoisotopic (exact) mass is 266 g/mol. The Bertz CT molecular complexity index is 572. The summed E-state index contributed by atoms with van der Waals surface area (Å²) in [6.07, 6.45) is 5.22. The van der Waals surface area contributed by atoms with E-state index in [0.717, 1.165) is 0 Å². The minimum absolute atomic E-state index is 0.0872. The summed E-state index contributed by atoms with van der Waals surface area (Å²) < 4.78 is 5.58. The van der Waals surface area contributed by atoms with Gasteiger partial charge in [0.2, 0.25) is 5.60 Å². The van der Waals surface area contributed by atoms with Crippen LogP contribution in [-0.2, 0) is 15.1 Å². The van der Waals surface area contributed by atoms with E-state index in [0.29, 0.717) is 11.1 Å². The van der Waals surface area contributed by atoms with Gasteiger partial charge >= 0.3 is 5.97 Å². The first-order chi connectivity index (χ1) is 9.71. The molecule has 0 saturated heterocycles. The molecule has 1 N–H and O–H groups in total. The number of aliphatic carboxylic acids is 1. The fourth-order valence-corrected chi connectivity index (χ4v) is 2.14. The topological polar surface area (TPSA) is 46.5 Å². The number of hydrogen-bond acceptors (Lipinski definition) is 2. The van der Waals surface area contributed by atoms with Gasteiger partial charge in [0.05, 0.1) is 0 Å². The number of terminal acetylenes is 1. The Balaban J connectivity index is 2.64. The molecule has 0 aromatic heterocycles. The summed E-state index contributed by atoms with van der Waals surface area (Å²) in [5.74, 6) is 1.24. The van der Waals surface area contributed by atoms with Crippen LogP contribution < -0.4 is 0 Å². The van der Waals surface area contributed by atoms with Gasteiger partial charge in [-0.1, -0.05) is 66.6 Å². The van der Waals surface area contributed by atoms with E-state index in [4.69, 9.17) is 11.2 Å². The Kier molecular flexibility index (Phi) is 4.19. The number of benzene rings is 2. The molecule has 0 atom stereocenters. The highest BCUT2D eigenvalue weighted by Crippen LogP contribution is 2.34. The van der Waals surface area contributed by atoms with Gasteiger partial charge in [0.1, 0.15) is 6.61 Å². The van der Waals surface area contributed by atoms with Crippen LogP contribution in [0.2, 0.25) is 0 Å². The van der Waals surface area contributed by atoms with Gasteiger partial charge in [-0.25, -0.2) is 4.79 Å². The maximum absolute atomic E-state index is 11.9. The lowest BCUT2D eigenvalue weighted by Gasteiger charge is -2.30. The van der Waals surface area contributed by atoms with Gasteiger partial charge in [-0.3, -0.25) is 0 Å². The Morgan fingerprint density at radius 3 is 1.85 bits per heavy atom. The first-order valence-corrected chi connectivity index (χ1v) is 6.13. The second-order valence-electron chi connectivity index (χ2n) is 4.21. The van der Waals surface area contributed by atoms with Crippen LogP contribution >= 0.6 is 0 Å². The van der Waals surface area contributed by atoms with Crippen LogP contribution in [0.1, 0.15) is 11.1 Å². The van der Waals surface area contributed by atoms with Crippen LogP contribution in [0.25, 0.3) is 0 Å². The van der Waals surface area contributed by atoms with E-state index in [1.165, 1.54) is 0 Å². The average Bonchev–Trinajstić information content (AvgIpc) is 2.50. The first kappa shape index (κ1) is 13.9. The van der Waals surface area contributed by atoms with Gasteiger partial charge in [0, 0.05) is 0 Å². The number of hydrogen-bond donors (Lipinski definition) is 1. The van der Waals surface area contributed by atoms with Crippen molar-refractivity contribution in [2.24, 2.45) is 0 Å². The highest BCUT2D eigenvalue weighted by molar-refractivity contribution is 5.84. The Hall–Kier alpha value is -2.57. The van der Waals surface area contributed by atoms with Gasteiger partial charge in [-0.05, 0) is 11.1 Å². The van der Waals surface area contributed by atoms with E-state index in [1.54, 1.807) is 48.5 Å². The number of ether oxygens (including phenoxy) is 1. The third-order valence-corrected chi connectivity index (χ3v) is 3.03. The van der Waals surface area contributed by atoms with Crippen LogP contribution in [0.15, 0.2) is 60.7 Å². The summed E-state index contributed by atoms with van der Waals surface area (Å²) in [4.78, 5) is 11.9. The lowest BCUT2D eigenvalue weighted by molar-refractivity contribution is -0.160. The molecule has 0 aliphatic heterocycles. The third-order valence-electron chi connectivity index (χ3n) is 3.03. The summed E-state index contributed by atoms with van der Waals surface area (Å²) in [5, 5.41) is 9.76. The summed E-state index contributed by atoms with van der Waals surface area (Å²) in [6, 6.07) is 17.6. The molecule has 0 heterocycles. The van der Waals surface area contributed by atoms with Gasteiger partial charge in [-0.15, -0.1) is 6.42 Å². The molecule has 2 aromatic rings. The molecule has 2 aromatic carbocycles. The molecule has 0 fully saturated rings. The van der Waals surface area contributed by atoms with E-state index in [9.17, 15) is 9.90 Å². The predicted molar refractivity (Wildman–Crippen MR) is 76.1 cm³/mol. The van der Waals surface area contributed by atoms with Gasteiger partial charge < -0.3 is 9.84 Å². The standard InChI is InChI=1S/C17H14O3/c1-2-13-20-17(16(18)19,14-9-5-3-6-10-14)15-11-7-4-8-12-15/h1,3-12H,13H2,(H,18,19). The van der Waals surface area contributed by atoms with E-state index >= 15 is 0 Å². The summed E-state index contributed by atoms with van der Waals surface area (Å²) in [7, 11) is 0. The molecule has 0 aliphatic carbocycles. The molecule has 0 spiro atoms. The molecule has 0 unspecified atom stereocenters. The largest absolute Gasteiger partial charge is 0.479 e. The molecule has 2 rings (SSSR count). The number of carboxylic acid groups (broad SMARTS) is 1. The maximum Gasteiger partial charge on any atom is 0.345 e. The Morgan fingerprint density at radius 1 is 1.05 bits per heavy atom. The maximum atomic E-state index is 11.9. The average molecular weight is 266 g/mol. The highest BCUT2D eigenvalue weighted by Gasteiger charge is 2.43. The number of carboxylic acids is 1. The van der Waals surface area contributed by atoms with Crippen LogP contribution in [0, 0.1) is 12.3 Å². The van der Waals surface area contributed by atoms with E-state index in [2.05, 4.69) is 5.92 Å². The molecule has 0 radical (unpaired) electrons. The minimum atomic E-state index is -1.59. The van der Waals surface area contributed by atoms with Crippen molar-refractivity contribution in [1.82, 2.24) is 0 Å². The third kappa shape index (κ3) is 2.42. The minimum Gasteiger partial charge on any atom is -0.479 e. The van der Waals surface area contributed by atoms with Crippen molar-refractivity contribution in [3.05, 3.63) is 71.8 Å². The zero-order valence-electron chi connectivity index (χ0n) is 10.8. The zero-order chi connectivity index (χ0) is 14.4.